The third-order valence-corrected chi connectivity index (χ3v) is 8.67. The largest absolute Gasteiger partial charge is 0.496 e. The van der Waals surface area contributed by atoms with Gasteiger partial charge in [-0.05, 0) is 24.0 Å². The van der Waals surface area contributed by atoms with E-state index in [0.29, 0.717) is 18.0 Å². The van der Waals surface area contributed by atoms with Crippen LogP contribution in [-0.4, -0.2) is 64.0 Å². The summed E-state index contributed by atoms with van der Waals surface area (Å²) < 4.78 is 8.06. The molecule has 6 rings (SSSR count). The second-order valence-corrected chi connectivity index (χ2v) is 11.0. The average molecular weight is 498 g/mol. The van der Waals surface area contributed by atoms with Crippen molar-refractivity contribution in [3.05, 3.63) is 83.9 Å². The molecule has 2 aliphatic heterocycles. The molecular weight excluding hydrogens is 458 g/mol. The van der Waals surface area contributed by atoms with Crippen LogP contribution in [0.1, 0.15) is 49.9 Å². The molecule has 2 aromatic carbocycles. The molecule has 3 aromatic rings. The van der Waals surface area contributed by atoms with Crippen LogP contribution < -0.4 is 4.74 Å². The average Bonchev–Trinajstić information content (AvgIpc) is 3.31. The lowest BCUT2D eigenvalue weighted by molar-refractivity contribution is 0.137. The Hall–Kier alpha value is -3.12. The zero-order chi connectivity index (χ0) is 25.4. The van der Waals surface area contributed by atoms with E-state index in [1.165, 1.54) is 35.5 Å². The Morgan fingerprint density at radius 1 is 1.08 bits per heavy atom. The summed E-state index contributed by atoms with van der Waals surface area (Å²) in [5.41, 5.74) is 3.74. The van der Waals surface area contributed by atoms with Crippen LogP contribution in [0.4, 0.5) is 0 Å². The highest BCUT2D eigenvalue weighted by molar-refractivity contribution is 5.93. The lowest BCUT2D eigenvalue weighted by atomic mass is 9.92. The molecule has 3 heterocycles. The highest BCUT2D eigenvalue weighted by Crippen LogP contribution is 2.59. The summed E-state index contributed by atoms with van der Waals surface area (Å²) in [7, 11) is 1.78. The van der Waals surface area contributed by atoms with Crippen LogP contribution >= 0.6 is 0 Å². The molecule has 6 nitrogen and oxygen atoms in total. The van der Waals surface area contributed by atoms with Gasteiger partial charge in [-0.1, -0.05) is 68.8 Å². The fourth-order valence-corrected chi connectivity index (χ4v) is 6.76. The van der Waals surface area contributed by atoms with E-state index in [1.807, 2.05) is 12.5 Å². The van der Waals surface area contributed by atoms with Gasteiger partial charge < -0.3 is 14.2 Å². The number of benzene rings is 2. The van der Waals surface area contributed by atoms with Crippen LogP contribution in [-0.2, 0) is 18.5 Å². The molecule has 194 valence electrons. The number of rotatable bonds is 10. The third kappa shape index (κ3) is 4.35. The van der Waals surface area contributed by atoms with E-state index < -0.39 is 0 Å². The first-order valence-electron chi connectivity index (χ1n) is 13.9. The van der Waals surface area contributed by atoms with Crippen LogP contribution in [0, 0.1) is 5.92 Å². The Morgan fingerprint density at radius 3 is 2.70 bits per heavy atom. The van der Waals surface area contributed by atoms with Crippen molar-refractivity contribution in [2.45, 2.75) is 63.7 Å². The minimum absolute atomic E-state index is 0.129. The Morgan fingerprint density at radius 2 is 1.89 bits per heavy atom. The monoisotopic (exact) mass is 497 g/mol. The molecular formula is C31H39N5O. The molecule has 6 heteroatoms. The molecule has 4 atom stereocenters. The van der Waals surface area contributed by atoms with Crippen LogP contribution in [0.3, 0.4) is 0 Å². The van der Waals surface area contributed by atoms with Crippen molar-refractivity contribution < 1.29 is 4.74 Å². The van der Waals surface area contributed by atoms with E-state index >= 15 is 0 Å². The lowest BCUT2D eigenvalue weighted by Crippen LogP contribution is -2.59. The first kappa shape index (κ1) is 24.2. The van der Waals surface area contributed by atoms with Crippen LogP contribution in [0.5, 0.6) is 5.75 Å². The Balaban J connectivity index is 1.24. The third-order valence-electron chi connectivity index (χ3n) is 8.67. The smallest absolute Gasteiger partial charge is 0.124 e. The van der Waals surface area contributed by atoms with Crippen molar-refractivity contribution >= 4 is 5.84 Å². The lowest BCUT2D eigenvalue weighted by Gasteiger charge is -2.44. The molecule has 3 aliphatic rings. The number of imidazole rings is 1. The van der Waals surface area contributed by atoms with Gasteiger partial charge in [0.15, 0.2) is 0 Å². The van der Waals surface area contributed by atoms with Crippen LogP contribution in [0.15, 0.2) is 72.1 Å². The zero-order valence-electron chi connectivity index (χ0n) is 22.4. The second-order valence-electron chi connectivity index (χ2n) is 11.0. The number of aliphatic imine (C=N–C) groups is 1. The summed E-state index contributed by atoms with van der Waals surface area (Å²) >= 11 is 0. The van der Waals surface area contributed by atoms with Gasteiger partial charge in [-0.3, -0.25) is 9.89 Å². The molecule has 0 bridgehead atoms. The summed E-state index contributed by atoms with van der Waals surface area (Å²) in [5.74, 6) is 2.84. The molecule has 0 radical (unpaired) electrons. The number of para-hydroxylation sites is 1. The van der Waals surface area contributed by atoms with Gasteiger partial charge in [0.2, 0.25) is 0 Å². The topological polar surface area (TPSA) is 45.9 Å². The minimum atomic E-state index is -0.129. The predicted octanol–water partition coefficient (Wildman–Crippen LogP) is 4.98. The number of amidine groups is 1. The Bertz CT molecular complexity index is 1250. The number of fused-ring (bicyclic) bond motifs is 3. The van der Waals surface area contributed by atoms with Gasteiger partial charge in [0.25, 0.3) is 0 Å². The Kier molecular flexibility index (Phi) is 6.53. The van der Waals surface area contributed by atoms with Gasteiger partial charge in [-0.15, -0.1) is 0 Å². The highest BCUT2D eigenvalue weighted by Gasteiger charge is 2.66. The van der Waals surface area contributed by atoms with E-state index in [0.717, 1.165) is 44.8 Å². The molecule has 0 N–H and O–H groups in total. The van der Waals surface area contributed by atoms with Gasteiger partial charge >= 0.3 is 0 Å². The number of aromatic nitrogens is 2. The first-order chi connectivity index (χ1) is 18.1. The molecule has 1 aromatic heterocycles. The maximum absolute atomic E-state index is 5.76. The van der Waals surface area contributed by atoms with E-state index in [4.69, 9.17) is 9.73 Å². The summed E-state index contributed by atoms with van der Waals surface area (Å²) in [4.78, 5) is 15.4. The second kappa shape index (κ2) is 9.97. The zero-order valence-corrected chi connectivity index (χ0v) is 22.4. The summed E-state index contributed by atoms with van der Waals surface area (Å²) in [6, 6.07) is 20.0. The van der Waals surface area contributed by atoms with Gasteiger partial charge in [0.05, 0.1) is 25.5 Å². The standard InChI is InChI=1S/C31H39N5O/c1-4-10-23(2)29-30-33-31(26-13-8-9-14-27(26)37-3)19-28(31)36(30)18-17-34(29)16-15-25-20-32-22-35(25)21-24-11-6-5-7-12-24/h5-9,11-14,20,22-23,28-29H,4,10,15-19,21H2,1-3H3/t23?,28?,29-,31?/m0/s1. The quantitative estimate of drug-likeness (QED) is 0.396. The van der Waals surface area contributed by atoms with Crippen LogP contribution in [0.2, 0.25) is 0 Å². The SMILES string of the molecule is CCCC(C)[C@H]1C2=NC3(c4ccccc4OC)CC3N2CCN1CCc1cncn1Cc1ccccc1. The summed E-state index contributed by atoms with van der Waals surface area (Å²) in [6.07, 6.45) is 8.53. The van der Waals surface area contributed by atoms with Crippen molar-refractivity contribution in [2.24, 2.45) is 10.9 Å². The summed E-state index contributed by atoms with van der Waals surface area (Å²) in [5, 5.41) is 0. The van der Waals surface area contributed by atoms with Gasteiger partial charge in [-0.25, -0.2) is 4.98 Å². The molecule has 0 amide bonds. The van der Waals surface area contributed by atoms with E-state index in [9.17, 15) is 0 Å². The number of nitrogens with zero attached hydrogens (tertiary/aromatic N) is 5. The number of hydrogen-bond donors (Lipinski definition) is 0. The highest BCUT2D eigenvalue weighted by atomic mass is 16.5. The fraction of sp³-hybridized carbons (Fsp3) is 0.484. The maximum Gasteiger partial charge on any atom is 0.124 e. The number of ether oxygens (including phenoxy) is 1. The molecule has 1 saturated carbocycles. The van der Waals surface area contributed by atoms with Gasteiger partial charge in [0, 0.05) is 56.5 Å². The number of methoxy groups -OCH3 is 1. The number of hydrogen-bond acceptors (Lipinski definition) is 5. The van der Waals surface area contributed by atoms with E-state index in [-0.39, 0.29) is 5.54 Å². The van der Waals surface area contributed by atoms with Crippen molar-refractivity contribution in [3.8, 4) is 5.75 Å². The fourth-order valence-electron chi connectivity index (χ4n) is 6.76. The van der Waals surface area contributed by atoms with Gasteiger partial charge in [0.1, 0.15) is 17.1 Å². The molecule has 3 unspecified atom stereocenters. The maximum atomic E-state index is 5.76. The first-order valence-corrected chi connectivity index (χ1v) is 13.9. The van der Waals surface area contributed by atoms with Crippen LogP contribution in [0.25, 0.3) is 0 Å². The van der Waals surface area contributed by atoms with Gasteiger partial charge in [-0.2, -0.15) is 0 Å². The molecule has 37 heavy (non-hydrogen) atoms. The molecule has 1 saturated heterocycles. The van der Waals surface area contributed by atoms with Crippen molar-refractivity contribution in [3.63, 3.8) is 0 Å². The van der Waals surface area contributed by atoms with Crippen molar-refractivity contribution in [1.82, 2.24) is 19.4 Å². The van der Waals surface area contributed by atoms with Crippen molar-refractivity contribution in [2.75, 3.05) is 26.7 Å². The normalized spacial score (nSPS) is 25.4. The molecule has 1 aliphatic carbocycles. The number of piperazine rings is 1. The molecule has 2 fully saturated rings. The summed E-state index contributed by atoms with van der Waals surface area (Å²) in [6.45, 7) is 8.76. The minimum Gasteiger partial charge on any atom is -0.496 e. The molecule has 0 spiro atoms. The van der Waals surface area contributed by atoms with Crippen molar-refractivity contribution in [1.29, 1.82) is 0 Å². The van der Waals surface area contributed by atoms with E-state index in [1.54, 1.807) is 7.11 Å². The Labute approximate surface area is 221 Å². The van der Waals surface area contributed by atoms with E-state index in [2.05, 4.69) is 87.8 Å². The predicted molar refractivity (Wildman–Crippen MR) is 148 cm³/mol.